The average molecular weight is 347 g/mol. The fourth-order valence-corrected chi connectivity index (χ4v) is 2.49. The highest BCUT2D eigenvalue weighted by atomic mass is 19.2. The monoisotopic (exact) mass is 347 g/mol. The topological polar surface area (TPSA) is 66.4 Å². The second kappa shape index (κ2) is 8.92. The Morgan fingerprint density at radius 2 is 1.72 bits per heavy atom. The second-order valence-electron chi connectivity index (χ2n) is 5.76. The highest BCUT2D eigenvalue weighted by Gasteiger charge is 2.19. The van der Waals surface area contributed by atoms with E-state index in [2.05, 4.69) is 5.32 Å². The van der Waals surface area contributed by atoms with Gasteiger partial charge in [-0.3, -0.25) is 4.79 Å². The van der Waals surface area contributed by atoms with Crippen molar-refractivity contribution in [1.82, 2.24) is 5.32 Å². The number of halogens is 2. The summed E-state index contributed by atoms with van der Waals surface area (Å²) in [5.74, 6) is -3.69. The van der Waals surface area contributed by atoms with Crippen LogP contribution in [0.15, 0.2) is 48.5 Å². The zero-order chi connectivity index (χ0) is 18.2. The van der Waals surface area contributed by atoms with Crippen LogP contribution in [0.3, 0.4) is 0 Å². The number of benzene rings is 2. The van der Waals surface area contributed by atoms with Crippen LogP contribution in [0.1, 0.15) is 24.0 Å². The Balaban J connectivity index is 1.86. The number of carboxylic acid groups (broad SMARTS) is 1. The third-order valence-electron chi connectivity index (χ3n) is 3.78. The highest BCUT2D eigenvalue weighted by molar-refractivity contribution is 5.84. The molecule has 0 aromatic heterocycles. The van der Waals surface area contributed by atoms with Gasteiger partial charge in [0.05, 0.1) is 6.42 Å². The molecule has 0 radical (unpaired) electrons. The molecule has 0 unspecified atom stereocenters. The lowest BCUT2D eigenvalue weighted by Crippen LogP contribution is -2.41. The summed E-state index contributed by atoms with van der Waals surface area (Å²) >= 11 is 0. The summed E-state index contributed by atoms with van der Waals surface area (Å²) in [5.41, 5.74) is 1.38. The molecule has 132 valence electrons. The van der Waals surface area contributed by atoms with Crippen molar-refractivity contribution >= 4 is 11.9 Å². The number of aryl methyl sites for hydroxylation is 1. The molecule has 2 rings (SSSR count). The minimum Gasteiger partial charge on any atom is -0.480 e. The largest absolute Gasteiger partial charge is 0.480 e. The van der Waals surface area contributed by atoms with Crippen molar-refractivity contribution < 1.29 is 23.5 Å². The zero-order valence-electron chi connectivity index (χ0n) is 13.5. The van der Waals surface area contributed by atoms with Crippen LogP contribution in [0.2, 0.25) is 0 Å². The van der Waals surface area contributed by atoms with E-state index in [0.717, 1.165) is 17.7 Å². The molecule has 1 amide bonds. The molecule has 2 aromatic rings. The third-order valence-corrected chi connectivity index (χ3v) is 3.78. The zero-order valence-corrected chi connectivity index (χ0v) is 13.5. The van der Waals surface area contributed by atoms with E-state index in [9.17, 15) is 23.5 Å². The molecule has 0 saturated carbocycles. The Kier molecular flexibility index (Phi) is 6.62. The fourth-order valence-electron chi connectivity index (χ4n) is 2.49. The van der Waals surface area contributed by atoms with Crippen LogP contribution < -0.4 is 5.32 Å². The van der Waals surface area contributed by atoms with Gasteiger partial charge >= 0.3 is 5.97 Å². The molecule has 0 heterocycles. The molecule has 0 aliphatic rings. The standard InChI is InChI=1S/C19H19F2NO3/c20-15-10-9-14(11-16(15)21)12-18(23)22-17(19(24)25)8-4-7-13-5-2-1-3-6-13/h1-3,5-6,9-11,17H,4,7-8,12H2,(H,22,23)(H,24,25)/t17-/m0/s1. The smallest absolute Gasteiger partial charge is 0.326 e. The van der Waals surface area contributed by atoms with Gasteiger partial charge in [-0.2, -0.15) is 0 Å². The highest BCUT2D eigenvalue weighted by Crippen LogP contribution is 2.10. The molecule has 1 atom stereocenters. The molecule has 25 heavy (non-hydrogen) atoms. The summed E-state index contributed by atoms with van der Waals surface area (Å²) in [7, 11) is 0. The first-order chi connectivity index (χ1) is 12.0. The molecule has 0 aliphatic carbocycles. The first-order valence-corrected chi connectivity index (χ1v) is 7.95. The van der Waals surface area contributed by atoms with Crippen molar-refractivity contribution in [2.75, 3.05) is 0 Å². The van der Waals surface area contributed by atoms with Crippen molar-refractivity contribution in [2.24, 2.45) is 0 Å². The molecular formula is C19H19F2NO3. The third kappa shape index (κ3) is 5.99. The number of amides is 1. The Morgan fingerprint density at radius 3 is 2.36 bits per heavy atom. The quantitative estimate of drug-likeness (QED) is 0.771. The summed E-state index contributed by atoms with van der Waals surface area (Å²) < 4.78 is 26.0. The van der Waals surface area contributed by atoms with Crippen LogP contribution in [-0.4, -0.2) is 23.0 Å². The van der Waals surface area contributed by atoms with E-state index in [4.69, 9.17) is 0 Å². The van der Waals surface area contributed by atoms with Gasteiger partial charge in [0.1, 0.15) is 6.04 Å². The lowest BCUT2D eigenvalue weighted by Gasteiger charge is -2.14. The number of carbonyl (C=O) groups excluding carboxylic acids is 1. The molecular weight excluding hydrogens is 328 g/mol. The predicted molar refractivity (Wildman–Crippen MR) is 89.0 cm³/mol. The molecule has 0 aliphatic heterocycles. The number of hydrogen-bond acceptors (Lipinski definition) is 2. The summed E-state index contributed by atoms with van der Waals surface area (Å²) in [6.45, 7) is 0. The second-order valence-corrected chi connectivity index (χ2v) is 5.76. The molecule has 0 saturated heterocycles. The summed E-state index contributed by atoms with van der Waals surface area (Å²) in [6.07, 6.45) is 1.39. The maximum Gasteiger partial charge on any atom is 0.326 e. The SMILES string of the molecule is O=C(Cc1ccc(F)c(F)c1)N[C@@H](CCCc1ccccc1)C(=O)O. The lowest BCUT2D eigenvalue weighted by atomic mass is 10.0. The molecule has 0 bridgehead atoms. The van der Waals surface area contributed by atoms with E-state index in [1.54, 1.807) is 0 Å². The summed E-state index contributed by atoms with van der Waals surface area (Å²) in [5, 5.41) is 11.7. The molecule has 0 spiro atoms. The summed E-state index contributed by atoms with van der Waals surface area (Å²) in [4.78, 5) is 23.3. The van der Waals surface area contributed by atoms with Gasteiger partial charge in [0.15, 0.2) is 11.6 Å². The average Bonchev–Trinajstić information content (AvgIpc) is 2.58. The number of nitrogens with one attached hydrogen (secondary N) is 1. The van der Waals surface area contributed by atoms with E-state index < -0.39 is 29.6 Å². The van der Waals surface area contributed by atoms with E-state index >= 15 is 0 Å². The Bertz CT molecular complexity index is 735. The molecule has 0 fully saturated rings. The van der Waals surface area contributed by atoms with Crippen LogP contribution in [0.5, 0.6) is 0 Å². The molecule has 2 N–H and O–H groups in total. The van der Waals surface area contributed by atoms with Gasteiger partial charge in [-0.1, -0.05) is 36.4 Å². The van der Waals surface area contributed by atoms with Crippen molar-refractivity contribution in [3.63, 3.8) is 0 Å². The van der Waals surface area contributed by atoms with Gasteiger partial charge in [-0.25, -0.2) is 13.6 Å². The van der Waals surface area contributed by atoms with E-state index in [1.807, 2.05) is 30.3 Å². The maximum absolute atomic E-state index is 13.1. The van der Waals surface area contributed by atoms with E-state index in [0.29, 0.717) is 12.8 Å². The molecule has 4 nitrogen and oxygen atoms in total. The Morgan fingerprint density at radius 1 is 1.00 bits per heavy atom. The number of carboxylic acids is 1. The maximum atomic E-state index is 13.1. The summed E-state index contributed by atoms with van der Waals surface area (Å²) in [6, 6.07) is 11.8. The van der Waals surface area contributed by atoms with E-state index in [-0.39, 0.29) is 18.4 Å². The van der Waals surface area contributed by atoms with Crippen molar-refractivity contribution in [1.29, 1.82) is 0 Å². The van der Waals surface area contributed by atoms with Crippen molar-refractivity contribution in [2.45, 2.75) is 31.7 Å². The fraction of sp³-hybridized carbons (Fsp3) is 0.263. The number of hydrogen-bond donors (Lipinski definition) is 2. The Hall–Kier alpha value is -2.76. The van der Waals surface area contributed by atoms with Crippen LogP contribution in [0.25, 0.3) is 0 Å². The van der Waals surface area contributed by atoms with Gasteiger partial charge in [-0.05, 0) is 42.5 Å². The van der Waals surface area contributed by atoms with Crippen LogP contribution in [-0.2, 0) is 22.4 Å². The van der Waals surface area contributed by atoms with Crippen molar-refractivity contribution in [3.8, 4) is 0 Å². The Labute approximate surface area is 144 Å². The number of carbonyl (C=O) groups is 2. The molecule has 2 aromatic carbocycles. The van der Waals surface area contributed by atoms with Gasteiger partial charge in [0.25, 0.3) is 0 Å². The minimum atomic E-state index is -1.12. The van der Waals surface area contributed by atoms with Gasteiger partial charge < -0.3 is 10.4 Å². The minimum absolute atomic E-state index is 0.209. The first-order valence-electron chi connectivity index (χ1n) is 7.95. The molecule has 6 heteroatoms. The van der Waals surface area contributed by atoms with Gasteiger partial charge in [0, 0.05) is 0 Å². The number of aliphatic carboxylic acids is 1. The van der Waals surface area contributed by atoms with Crippen molar-refractivity contribution in [3.05, 3.63) is 71.3 Å². The lowest BCUT2D eigenvalue weighted by molar-refractivity contribution is -0.141. The van der Waals surface area contributed by atoms with Crippen LogP contribution in [0.4, 0.5) is 8.78 Å². The first kappa shape index (κ1) is 18.6. The number of rotatable bonds is 8. The van der Waals surface area contributed by atoms with Gasteiger partial charge in [-0.15, -0.1) is 0 Å². The normalized spacial score (nSPS) is 11.8. The van der Waals surface area contributed by atoms with Crippen LogP contribution in [0, 0.1) is 11.6 Å². The van der Waals surface area contributed by atoms with Crippen LogP contribution >= 0.6 is 0 Å². The van der Waals surface area contributed by atoms with Gasteiger partial charge in [0.2, 0.25) is 5.91 Å². The predicted octanol–water partition coefficient (Wildman–Crippen LogP) is 3.10. The van der Waals surface area contributed by atoms with E-state index in [1.165, 1.54) is 6.07 Å².